The molecule has 0 spiro atoms. The molecular weight excluding hydrogens is 396 g/mol. The van der Waals surface area contributed by atoms with Gasteiger partial charge < -0.3 is 19.7 Å². The predicted molar refractivity (Wildman–Crippen MR) is 116 cm³/mol. The molecule has 7 heteroatoms. The molecule has 2 amide bonds. The summed E-state index contributed by atoms with van der Waals surface area (Å²) < 4.78 is 10.9. The van der Waals surface area contributed by atoms with E-state index in [-0.39, 0.29) is 30.9 Å². The summed E-state index contributed by atoms with van der Waals surface area (Å²) in [6.07, 6.45) is 0.279. The Morgan fingerprint density at radius 1 is 1.10 bits per heavy atom. The molecule has 2 aromatic rings. The minimum Gasteiger partial charge on any atom is -0.484 e. The van der Waals surface area contributed by atoms with Crippen LogP contribution in [0.3, 0.4) is 0 Å². The van der Waals surface area contributed by atoms with Crippen molar-refractivity contribution in [1.29, 1.82) is 0 Å². The van der Waals surface area contributed by atoms with Gasteiger partial charge in [0.1, 0.15) is 11.8 Å². The minimum atomic E-state index is -0.887. The van der Waals surface area contributed by atoms with Crippen molar-refractivity contribution >= 4 is 17.8 Å². The fraction of sp³-hybridized carbons (Fsp3) is 0.375. The van der Waals surface area contributed by atoms with Crippen molar-refractivity contribution in [3.05, 3.63) is 54.6 Å². The summed E-state index contributed by atoms with van der Waals surface area (Å²) in [4.78, 5) is 38.6. The third-order valence-electron chi connectivity index (χ3n) is 5.24. The van der Waals surface area contributed by atoms with Gasteiger partial charge in [-0.1, -0.05) is 49.4 Å². The van der Waals surface area contributed by atoms with Gasteiger partial charge in [-0.15, -0.1) is 0 Å². The van der Waals surface area contributed by atoms with Crippen LogP contribution in [0.2, 0.25) is 0 Å². The number of nitrogens with zero attached hydrogens (tertiary/aromatic N) is 1. The Bertz CT molecular complexity index is 898. The maximum Gasteiger partial charge on any atom is 0.308 e. The first-order valence-electron chi connectivity index (χ1n) is 10.5. The molecular formula is C24H28N2O5. The highest BCUT2D eigenvalue weighted by molar-refractivity contribution is 5.92. The second-order valence-electron chi connectivity index (χ2n) is 7.49. The van der Waals surface area contributed by atoms with Crippen LogP contribution in [0.4, 0.5) is 0 Å². The molecule has 31 heavy (non-hydrogen) atoms. The molecule has 0 saturated carbocycles. The maximum absolute atomic E-state index is 12.7. The van der Waals surface area contributed by atoms with E-state index in [0.29, 0.717) is 25.3 Å². The quantitative estimate of drug-likeness (QED) is 0.659. The molecule has 1 fully saturated rings. The van der Waals surface area contributed by atoms with E-state index in [2.05, 4.69) is 5.32 Å². The lowest BCUT2D eigenvalue weighted by molar-refractivity contribution is -0.155. The van der Waals surface area contributed by atoms with E-state index in [1.54, 1.807) is 19.1 Å². The van der Waals surface area contributed by atoms with Gasteiger partial charge in [-0.2, -0.15) is 0 Å². The molecule has 2 aromatic carbocycles. The van der Waals surface area contributed by atoms with Gasteiger partial charge in [-0.3, -0.25) is 14.4 Å². The van der Waals surface area contributed by atoms with Crippen LogP contribution in [-0.4, -0.2) is 54.5 Å². The summed E-state index contributed by atoms with van der Waals surface area (Å²) in [5.74, 6) is -0.634. The Kier molecular flexibility index (Phi) is 7.65. The Morgan fingerprint density at radius 2 is 1.77 bits per heavy atom. The van der Waals surface area contributed by atoms with Crippen molar-refractivity contribution < 1.29 is 23.9 Å². The monoisotopic (exact) mass is 424 g/mol. The van der Waals surface area contributed by atoms with Crippen LogP contribution < -0.4 is 10.1 Å². The van der Waals surface area contributed by atoms with E-state index in [1.807, 2.05) is 49.4 Å². The van der Waals surface area contributed by atoms with E-state index in [4.69, 9.17) is 9.47 Å². The minimum absolute atomic E-state index is 0.173. The topological polar surface area (TPSA) is 84.9 Å². The number of piperazine rings is 1. The van der Waals surface area contributed by atoms with Crippen molar-refractivity contribution in [1.82, 2.24) is 10.2 Å². The number of amides is 2. The molecule has 1 saturated heterocycles. The summed E-state index contributed by atoms with van der Waals surface area (Å²) in [6.45, 7) is 4.15. The smallest absolute Gasteiger partial charge is 0.308 e. The van der Waals surface area contributed by atoms with E-state index >= 15 is 0 Å². The van der Waals surface area contributed by atoms with Gasteiger partial charge in [0, 0.05) is 13.1 Å². The summed E-state index contributed by atoms with van der Waals surface area (Å²) in [6, 6.07) is 16.5. The fourth-order valence-corrected chi connectivity index (χ4v) is 3.33. The standard InChI is InChI=1S/C24H28N2O5/c1-3-17(2)31-23(28)15-21-24(29)25-13-14-26(21)22(27)16-30-20-11-9-19(10-12-20)18-7-5-4-6-8-18/h4-12,17,21H,3,13-16H2,1-2H3,(H,25,29). The largest absolute Gasteiger partial charge is 0.484 e. The van der Waals surface area contributed by atoms with Crippen LogP contribution in [0.15, 0.2) is 54.6 Å². The summed E-state index contributed by atoms with van der Waals surface area (Å²) in [5.41, 5.74) is 2.14. The molecule has 3 rings (SSSR count). The number of benzene rings is 2. The molecule has 2 atom stereocenters. The van der Waals surface area contributed by atoms with Gasteiger partial charge in [-0.05, 0) is 36.6 Å². The normalized spacial score (nSPS) is 16.9. The van der Waals surface area contributed by atoms with Crippen LogP contribution in [-0.2, 0) is 19.1 Å². The van der Waals surface area contributed by atoms with Crippen molar-refractivity contribution in [3.63, 3.8) is 0 Å². The predicted octanol–water partition coefficient (Wildman–Crippen LogP) is 2.79. The van der Waals surface area contributed by atoms with E-state index in [9.17, 15) is 14.4 Å². The fourth-order valence-electron chi connectivity index (χ4n) is 3.33. The number of nitrogens with one attached hydrogen (secondary N) is 1. The van der Waals surface area contributed by atoms with Crippen LogP contribution in [0.25, 0.3) is 11.1 Å². The van der Waals surface area contributed by atoms with E-state index in [1.165, 1.54) is 4.90 Å². The first-order valence-corrected chi connectivity index (χ1v) is 10.5. The van der Waals surface area contributed by atoms with Gasteiger partial charge in [0.15, 0.2) is 6.61 Å². The second-order valence-corrected chi connectivity index (χ2v) is 7.49. The zero-order valence-corrected chi connectivity index (χ0v) is 17.9. The molecule has 1 N–H and O–H groups in total. The van der Waals surface area contributed by atoms with Crippen LogP contribution in [0, 0.1) is 0 Å². The SMILES string of the molecule is CCC(C)OC(=O)CC1C(=O)NCCN1C(=O)COc1ccc(-c2ccccc2)cc1. The van der Waals surface area contributed by atoms with Crippen LogP contribution in [0.1, 0.15) is 26.7 Å². The molecule has 2 unspecified atom stereocenters. The molecule has 0 bridgehead atoms. The lowest BCUT2D eigenvalue weighted by Gasteiger charge is -2.34. The van der Waals surface area contributed by atoms with Crippen molar-refractivity contribution in [2.24, 2.45) is 0 Å². The molecule has 0 radical (unpaired) electrons. The maximum atomic E-state index is 12.7. The Hall–Kier alpha value is -3.35. The zero-order chi connectivity index (χ0) is 22.2. The first-order chi connectivity index (χ1) is 15.0. The summed E-state index contributed by atoms with van der Waals surface area (Å²) >= 11 is 0. The third-order valence-corrected chi connectivity index (χ3v) is 5.24. The van der Waals surface area contributed by atoms with Gasteiger partial charge in [-0.25, -0.2) is 0 Å². The number of carbonyl (C=O) groups excluding carboxylic acids is 3. The lowest BCUT2D eigenvalue weighted by atomic mass is 10.1. The number of hydrogen-bond donors (Lipinski definition) is 1. The van der Waals surface area contributed by atoms with E-state index in [0.717, 1.165) is 11.1 Å². The number of rotatable bonds is 8. The molecule has 1 aliphatic rings. The number of carbonyl (C=O) groups is 3. The molecule has 164 valence electrons. The van der Waals surface area contributed by atoms with Crippen LogP contribution >= 0.6 is 0 Å². The number of hydrogen-bond acceptors (Lipinski definition) is 5. The zero-order valence-electron chi connectivity index (χ0n) is 17.9. The van der Waals surface area contributed by atoms with Crippen LogP contribution in [0.5, 0.6) is 5.75 Å². The van der Waals surface area contributed by atoms with Crippen molar-refractivity contribution in [2.75, 3.05) is 19.7 Å². The van der Waals surface area contributed by atoms with E-state index < -0.39 is 12.0 Å². The second kappa shape index (κ2) is 10.6. The molecule has 0 aliphatic carbocycles. The first kappa shape index (κ1) is 22.3. The van der Waals surface area contributed by atoms with Gasteiger partial charge in [0.25, 0.3) is 5.91 Å². The van der Waals surface area contributed by atoms with Gasteiger partial charge in [0.05, 0.1) is 12.5 Å². The van der Waals surface area contributed by atoms with Gasteiger partial charge in [0.2, 0.25) is 5.91 Å². The highest BCUT2D eigenvalue weighted by Gasteiger charge is 2.35. The summed E-state index contributed by atoms with van der Waals surface area (Å²) in [7, 11) is 0. The Balaban J connectivity index is 1.58. The number of ether oxygens (including phenoxy) is 2. The lowest BCUT2D eigenvalue weighted by Crippen LogP contribution is -2.58. The van der Waals surface area contributed by atoms with Crippen molar-refractivity contribution in [3.8, 4) is 16.9 Å². The molecule has 1 aliphatic heterocycles. The van der Waals surface area contributed by atoms with Gasteiger partial charge >= 0.3 is 5.97 Å². The Labute approximate surface area is 182 Å². The molecule has 1 heterocycles. The highest BCUT2D eigenvalue weighted by Crippen LogP contribution is 2.22. The average molecular weight is 424 g/mol. The van der Waals surface area contributed by atoms with Crippen molar-refractivity contribution in [2.45, 2.75) is 38.8 Å². The average Bonchev–Trinajstić information content (AvgIpc) is 2.79. The third kappa shape index (κ3) is 6.07. The molecule has 7 nitrogen and oxygen atoms in total. The molecule has 0 aromatic heterocycles. The Morgan fingerprint density at radius 3 is 2.45 bits per heavy atom. The highest BCUT2D eigenvalue weighted by atomic mass is 16.5. The summed E-state index contributed by atoms with van der Waals surface area (Å²) in [5, 5.41) is 2.70. The number of esters is 1.